The molecule has 0 heterocycles. The van der Waals surface area contributed by atoms with E-state index in [0.717, 1.165) is 30.0 Å². The average molecular weight is 452 g/mol. The quantitative estimate of drug-likeness (QED) is 0.119. The summed E-state index contributed by atoms with van der Waals surface area (Å²) in [7, 11) is 0. The molecule has 0 radical (unpaired) electrons. The summed E-state index contributed by atoms with van der Waals surface area (Å²) in [5.41, 5.74) is 3.30. The van der Waals surface area contributed by atoms with Gasteiger partial charge >= 0.3 is 0 Å². The van der Waals surface area contributed by atoms with Crippen molar-refractivity contribution in [2.75, 3.05) is 6.61 Å². The second kappa shape index (κ2) is 12.4. The molecule has 0 amide bonds. The number of fused-ring (bicyclic) bond motifs is 3. The van der Waals surface area contributed by atoms with E-state index in [-0.39, 0.29) is 0 Å². The van der Waals surface area contributed by atoms with Crippen LogP contribution in [0.25, 0.3) is 21.5 Å². The Kier molecular flexibility index (Phi) is 8.73. The summed E-state index contributed by atoms with van der Waals surface area (Å²) in [5, 5.41) is 4.92. The highest BCUT2D eigenvalue weighted by Crippen LogP contribution is 2.33. The van der Waals surface area contributed by atoms with Crippen LogP contribution in [0.15, 0.2) is 77.8 Å². The second-order valence-corrected chi connectivity index (χ2v) is 9.32. The number of ether oxygens (including phenoxy) is 1. The third kappa shape index (κ3) is 6.47. The van der Waals surface area contributed by atoms with E-state index in [9.17, 15) is 0 Å². The van der Waals surface area contributed by atoms with Gasteiger partial charge in [-0.05, 0) is 64.9 Å². The molecule has 34 heavy (non-hydrogen) atoms. The van der Waals surface area contributed by atoms with Crippen molar-refractivity contribution in [1.29, 1.82) is 0 Å². The summed E-state index contributed by atoms with van der Waals surface area (Å²) >= 11 is 0. The van der Waals surface area contributed by atoms with Crippen LogP contribution in [-0.2, 0) is 0 Å². The van der Waals surface area contributed by atoms with Gasteiger partial charge in [-0.15, -0.1) is 0 Å². The zero-order chi connectivity index (χ0) is 23.6. The van der Waals surface area contributed by atoms with Crippen LogP contribution in [0.5, 0.6) is 5.75 Å². The fourth-order valence-corrected chi connectivity index (χ4v) is 4.57. The molecular weight excluding hydrogens is 414 g/mol. The Bertz CT molecular complexity index is 1230. The maximum Gasteiger partial charge on any atom is 0.127 e. The molecule has 2 nitrogen and oxygen atoms in total. The molecule has 0 saturated carbocycles. The first kappa shape index (κ1) is 24.0. The second-order valence-electron chi connectivity index (χ2n) is 9.32. The number of benzene rings is 4. The van der Waals surface area contributed by atoms with Crippen molar-refractivity contribution in [2.45, 2.75) is 65.2 Å². The lowest BCUT2D eigenvalue weighted by atomic mass is 9.98. The molecule has 0 unspecified atom stereocenters. The topological polar surface area (TPSA) is 21.6 Å². The largest absolute Gasteiger partial charge is 0.493 e. The highest BCUT2D eigenvalue weighted by atomic mass is 16.5. The van der Waals surface area contributed by atoms with Gasteiger partial charge in [-0.2, -0.15) is 0 Å². The van der Waals surface area contributed by atoms with E-state index < -0.39 is 0 Å². The van der Waals surface area contributed by atoms with Crippen LogP contribution in [0.2, 0.25) is 0 Å². The monoisotopic (exact) mass is 451 g/mol. The van der Waals surface area contributed by atoms with Gasteiger partial charge in [0.2, 0.25) is 0 Å². The summed E-state index contributed by atoms with van der Waals surface area (Å²) in [6.07, 6.45) is 12.5. The van der Waals surface area contributed by atoms with Crippen LogP contribution in [0.3, 0.4) is 0 Å². The Morgan fingerprint density at radius 2 is 1.44 bits per heavy atom. The molecular formula is C32H37NO. The Balaban J connectivity index is 1.47. The number of rotatable bonds is 12. The Labute approximate surface area is 204 Å². The van der Waals surface area contributed by atoms with Gasteiger partial charge in [-0.25, -0.2) is 0 Å². The highest BCUT2D eigenvalue weighted by molar-refractivity contribution is 6.11. The van der Waals surface area contributed by atoms with Crippen LogP contribution in [0.1, 0.15) is 69.4 Å². The van der Waals surface area contributed by atoms with Crippen molar-refractivity contribution in [1.82, 2.24) is 0 Å². The van der Waals surface area contributed by atoms with Gasteiger partial charge in [0.05, 0.1) is 12.3 Å². The van der Waals surface area contributed by atoms with E-state index in [1.165, 1.54) is 72.1 Å². The first-order valence-corrected chi connectivity index (χ1v) is 12.9. The van der Waals surface area contributed by atoms with Gasteiger partial charge in [0.15, 0.2) is 0 Å². The molecule has 176 valence electrons. The van der Waals surface area contributed by atoms with Gasteiger partial charge in [-0.3, -0.25) is 4.99 Å². The maximum atomic E-state index is 6.30. The molecule has 0 aliphatic heterocycles. The summed E-state index contributed by atoms with van der Waals surface area (Å²) in [5.74, 6) is 1.00. The number of aryl methyl sites for hydroxylation is 1. The van der Waals surface area contributed by atoms with E-state index in [0.29, 0.717) is 0 Å². The van der Waals surface area contributed by atoms with Gasteiger partial charge in [-0.1, -0.05) is 100 Å². The Morgan fingerprint density at radius 3 is 2.24 bits per heavy atom. The van der Waals surface area contributed by atoms with Crippen molar-refractivity contribution < 1.29 is 4.74 Å². The van der Waals surface area contributed by atoms with Crippen LogP contribution in [-0.4, -0.2) is 12.8 Å². The van der Waals surface area contributed by atoms with E-state index in [2.05, 4.69) is 61.3 Å². The van der Waals surface area contributed by atoms with Crippen molar-refractivity contribution >= 4 is 33.4 Å². The van der Waals surface area contributed by atoms with E-state index >= 15 is 0 Å². The van der Waals surface area contributed by atoms with Crippen molar-refractivity contribution in [3.8, 4) is 5.75 Å². The Hall–Kier alpha value is -3.13. The van der Waals surface area contributed by atoms with Crippen LogP contribution >= 0.6 is 0 Å². The fraction of sp³-hybridized carbons (Fsp3) is 0.344. The number of unbranched alkanes of at least 4 members (excludes halogenated alkanes) is 7. The van der Waals surface area contributed by atoms with Gasteiger partial charge < -0.3 is 4.74 Å². The smallest absolute Gasteiger partial charge is 0.127 e. The summed E-state index contributed by atoms with van der Waals surface area (Å²) in [6.45, 7) is 5.21. The summed E-state index contributed by atoms with van der Waals surface area (Å²) < 4.78 is 6.30. The predicted molar refractivity (Wildman–Crippen MR) is 148 cm³/mol. The molecule has 0 N–H and O–H groups in total. The minimum atomic E-state index is 0.787. The molecule has 0 saturated heterocycles. The molecule has 0 aliphatic carbocycles. The zero-order valence-corrected chi connectivity index (χ0v) is 20.7. The average Bonchev–Trinajstić information content (AvgIpc) is 2.87. The SMILES string of the molecule is CCCCCCCCCCOc1cc(C)cc2c1ccc1ccc(C=Nc3ccccc3)cc12. The number of para-hydroxylation sites is 1. The molecule has 4 aromatic carbocycles. The standard InChI is InChI=1S/C32H37NO/c1-3-4-5-6-7-8-9-13-20-34-32-22-25(2)21-31-29(32)19-18-27-17-16-26(23-30(27)31)24-33-28-14-11-10-12-15-28/h10-12,14-19,21-24H,3-9,13,20H2,1-2H3. The fourth-order valence-electron chi connectivity index (χ4n) is 4.57. The van der Waals surface area contributed by atoms with Crippen LogP contribution < -0.4 is 4.74 Å². The predicted octanol–water partition coefficient (Wildman–Crippen LogP) is 9.57. The summed E-state index contributed by atoms with van der Waals surface area (Å²) in [6, 6.07) is 25.5. The lowest BCUT2D eigenvalue weighted by molar-refractivity contribution is 0.307. The molecule has 4 rings (SSSR count). The molecule has 2 heteroatoms. The highest BCUT2D eigenvalue weighted by Gasteiger charge is 2.08. The van der Waals surface area contributed by atoms with Gasteiger partial charge in [0.25, 0.3) is 0 Å². The molecule has 0 aliphatic rings. The molecule has 0 spiro atoms. The maximum absolute atomic E-state index is 6.30. The summed E-state index contributed by atoms with van der Waals surface area (Å²) in [4.78, 5) is 4.63. The third-order valence-corrected chi connectivity index (χ3v) is 6.46. The number of hydrogen-bond donors (Lipinski definition) is 0. The lowest BCUT2D eigenvalue weighted by Gasteiger charge is -2.13. The van der Waals surface area contributed by atoms with E-state index in [1.54, 1.807) is 0 Å². The van der Waals surface area contributed by atoms with Crippen LogP contribution in [0, 0.1) is 6.92 Å². The zero-order valence-electron chi connectivity index (χ0n) is 20.7. The minimum Gasteiger partial charge on any atom is -0.493 e. The number of nitrogens with zero attached hydrogens (tertiary/aromatic N) is 1. The number of hydrogen-bond acceptors (Lipinski definition) is 2. The van der Waals surface area contributed by atoms with Crippen LogP contribution in [0.4, 0.5) is 5.69 Å². The van der Waals surface area contributed by atoms with Gasteiger partial charge in [0, 0.05) is 11.6 Å². The molecule has 4 aromatic rings. The first-order valence-electron chi connectivity index (χ1n) is 12.9. The van der Waals surface area contributed by atoms with E-state index in [4.69, 9.17) is 4.74 Å². The first-order chi connectivity index (χ1) is 16.7. The van der Waals surface area contributed by atoms with Crippen molar-refractivity contribution in [3.63, 3.8) is 0 Å². The van der Waals surface area contributed by atoms with Crippen molar-refractivity contribution in [3.05, 3.63) is 83.9 Å². The number of aliphatic imine (C=N–C) groups is 1. The Morgan fingerprint density at radius 1 is 0.706 bits per heavy atom. The van der Waals surface area contributed by atoms with Gasteiger partial charge in [0.1, 0.15) is 5.75 Å². The molecule has 0 fully saturated rings. The van der Waals surface area contributed by atoms with E-state index in [1.807, 2.05) is 36.5 Å². The minimum absolute atomic E-state index is 0.787. The molecule has 0 atom stereocenters. The molecule has 0 bridgehead atoms. The normalized spacial score (nSPS) is 11.6. The molecule has 0 aromatic heterocycles. The lowest BCUT2D eigenvalue weighted by Crippen LogP contribution is -1.98. The third-order valence-electron chi connectivity index (χ3n) is 6.46. The van der Waals surface area contributed by atoms with Crippen molar-refractivity contribution in [2.24, 2.45) is 4.99 Å².